The molecule has 1 aromatic carbocycles. The second-order valence-electron chi connectivity index (χ2n) is 5.88. The van der Waals surface area contributed by atoms with E-state index in [4.69, 9.17) is 9.47 Å². The summed E-state index contributed by atoms with van der Waals surface area (Å²) in [7, 11) is 5.10. The maximum Gasteiger partial charge on any atom is 0.224 e. The average molecular weight is 306 g/mol. The molecule has 122 valence electrons. The first-order valence-corrected chi connectivity index (χ1v) is 7.74. The minimum Gasteiger partial charge on any atom is -0.493 e. The normalized spacial score (nSPS) is 17.4. The second-order valence-corrected chi connectivity index (χ2v) is 5.88. The van der Waals surface area contributed by atoms with Crippen molar-refractivity contribution in [2.24, 2.45) is 0 Å². The van der Waals surface area contributed by atoms with Crippen molar-refractivity contribution in [1.82, 2.24) is 10.2 Å². The molecule has 0 radical (unpaired) electrons. The average Bonchev–Trinajstić information content (AvgIpc) is 3.01. The number of carbonyl (C=O) groups is 1. The Bertz CT molecular complexity index is 525. The Balaban J connectivity index is 2.03. The number of amides is 1. The smallest absolute Gasteiger partial charge is 0.224 e. The van der Waals surface area contributed by atoms with Gasteiger partial charge in [0.05, 0.1) is 14.2 Å². The van der Waals surface area contributed by atoms with Gasteiger partial charge >= 0.3 is 0 Å². The first kappa shape index (κ1) is 16.6. The molecule has 1 aliphatic rings. The summed E-state index contributed by atoms with van der Waals surface area (Å²) in [6, 6.07) is 4.23. The van der Waals surface area contributed by atoms with Gasteiger partial charge < -0.3 is 19.7 Å². The van der Waals surface area contributed by atoms with Crippen LogP contribution in [0.1, 0.15) is 30.4 Å². The predicted octanol–water partition coefficient (Wildman–Crippen LogP) is 2.11. The number of rotatable bonds is 6. The molecule has 0 aliphatic carbocycles. The van der Waals surface area contributed by atoms with Gasteiger partial charge in [0, 0.05) is 26.1 Å². The summed E-state index contributed by atoms with van der Waals surface area (Å²) in [6.45, 7) is 3.63. The third-order valence-corrected chi connectivity index (χ3v) is 4.26. The van der Waals surface area contributed by atoms with Gasteiger partial charge in [-0.05, 0) is 49.6 Å². The van der Waals surface area contributed by atoms with Crippen molar-refractivity contribution in [3.8, 4) is 11.5 Å². The van der Waals surface area contributed by atoms with E-state index in [-0.39, 0.29) is 5.91 Å². The number of carbonyl (C=O) groups excluding carboxylic acids is 1. The topological polar surface area (TPSA) is 50.8 Å². The Morgan fingerprint density at radius 1 is 1.32 bits per heavy atom. The zero-order valence-corrected chi connectivity index (χ0v) is 13.9. The van der Waals surface area contributed by atoms with Gasteiger partial charge in [-0.15, -0.1) is 0 Å². The number of hydrogen-bond acceptors (Lipinski definition) is 4. The van der Waals surface area contributed by atoms with Crippen LogP contribution in [-0.2, 0) is 11.3 Å². The number of aryl methyl sites for hydroxylation is 1. The molecule has 1 saturated heterocycles. The van der Waals surface area contributed by atoms with Crippen LogP contribution in [0.4, 0.5) is 0 Å². The highest BCUT2D eigenvalue weighted by atomic mass is 16.5. The molecule has 5 heteroatoms. The molecule has 1 heterocycles. The molecular weight excluding hydrogens is 280 g/mol. The minimum absolute atomic E-state index is 0.175. The van der Waals surface area contributed by atoms with Crippen LogP contribution in [0.3, 0.4) is 0 Å². The maximum absolute atomic E-state index is 12.3. The van der Waals surface area contributed by atoms with Crippen molar-refractivity contribution in [1.29, 1.82) is 0 Å². The molecule has 1 aromatic rings. The number of hydrogen-bond donors (Lipinski definition) is 1. The van der Waals surface area contributed by atoms with Crippen LogP contribution < -0.4 is 14.8 Å². The van der Waals surface area contributed by atoms with Crippen LogP contribution >= 0.6 is 0 Å². The van der Waals surface area contributed by atoms with Crippen molar-refractivity contribution in [2.45, 2.75) is 38.8 Å². The van der Waals surface area contributed by atoms with E-state index < -0.39 is 0 Å². The molecular formula is C17H26N2O3. The summed E-state index contributed by atoms with van der Waals surface area (Å²) < 4.78 is 10.6. The van der Waals surface area contributed by atoms with E-state index in [1.165, 1.54) is 0 Å². The van der Waals surface area contributed by atoms with Gasteiger partial charge in [0.25, 0.3) is 0 Å². The van der Waals surface area contributed by atoms with Crippen molar-refractivity contribution in [2.75, 3.05) is 27.8 Å². The zero-order valence-electron chi connectivity index (χ0n) is 13.9. The Labute approximate surface area is 132 Å². The number of methoxy groups -OCH3 is 2. The Morgan fingerprint density at radius 3 is 2.59 bits per heavy atom. The molecule has 22 heavy (non-hydrogen) atoms. The molecule has 1 atom stereocenters. The van der Waals surface area contributed by atoms with Crippen LogP contribution in [0.15, 0.2) is 12.1 Å². The SMILES string of the molecule is COc1cc(C)c(CN(C)C(=O)CC2CCCN2)cc1OC. The van der Waals surface area contributed by atoms with Crippen LogP contribution in [-0.4, -0.2) is 44.7 Å². The van der Waals surface area contributed by atoms with Crippen molar-refractivity contribution in [3.05, 3.63) is 23.3 Å². The third-order valence-electron chi connectivity index (χ3n) is 4.26. The van der Waals surface area contributed by atoms with Crippen LogP contribution in [0, 0.1) is 6.92 Å². The minimum atomic E-state index is 0.175. The quantitative estimate of drug-likeness (QED) is 0.874. The highest BCUT2D eigenvalue weighted by Gasteiger charge is 2.20. The standard InChI is InChI=1S/C17H26N2O3/c1-12-8-15(21-3)16(22-4)9-13(12)11-19(2)17(20)10-14-6-5-7-18-14/h8-9,14,18H,5-7,10-11H2,1-4H3. The first-order chi connectivity index (χ1) is 10.5. The van der Waals surface area contributed by atoms with Crippen molar-refractivity contribution >= 4 is 5.91 Å². The molecule has 1 fully saturated rings. The van der Waals surface area contributed by atoms with Crippen LogP contribution in [0.25, 0.3) is 0 Å². The van der Waals surface area contributed by atoms with E-state index in [0.29, 0.717) is 30.5 Å². The summed E-state index contributed by atoms with van der Waals surface area (Å²) >= 11 is 0. The number of nitrogens with one attached hydrogen (secondary N) is 1. The fraction of sp³-hybridized carbons (Fsp3) is 0.588. The molecule has 1 amide bonds. The molecule has 2 rings (SSSR count). The molecule has 0 saturated carbocycles. The molecule has 0 spiro atoms. The Kier molecular flexibility index (Phi) is 5.66. The molecule has 0 aromatic heterocycles. The highest BCUT2D eigenvalue weighted by molar-refractivity contribution is 5.76. The Hall–Kier alpha value is -1.75. The molecule has 1 unspecified atom stereocenters. The van der Waals surface area contributed by atoms with Crippen LogP contribution in [0.2, 0.25) is 0 Å². The van der Waals surface area contributed by atoms with E-state index in [0.717, 1.165) is 30.5 Å². The van der Waals surface area contributed by atoms with Gasteiger partial charge in [-0.3, -0.25) is 4.79 Å². The van der Waals surface area contributed by atoms with Crippen LogP contribution in [0.5, 0.6) is 11.5 Å². The number of ether oxygens (including phenoxy) is 2. The van der Waals surface area contributed by atoms with Gasteiger partial charge in [-0.1, -0.05) is 0 Å². The van der Waals surface area contributed by atoms with E-state index in [1.54, 1.807) is 19.1 Å². The monoisotopic (exact) mass is 306 g/mol. The molecule has 0 bridgehead atoms. The fourth-order valence-corrected chi connectivity index (χ4v) is 2.83. The summed E-state index contributed by atoms with van der Waals surface area (Å²) in [4.78, 5) is 14.1. The lowest BCUT2D eigenvalue weighted by atomic mass is 10.1. The predicted molar refractivity (Wildman–Crippen MR) is 86.4 cm³/mol. The fourth-order valence-electron chi connectivity index (χ4n) is 2.83. The lowest BCUT2D eigenvalue weighted by molar-refractivity contribution is -0.130. The lowest BCUT2D eigenvalue weighted by Crippen LogP contribution is -2.33. The highest BCUT2D eigenvalue weighted by Crippen LogP contribution is 2.30. The van der Waals surface area contributed by atoms with Gasteiger partial charge in [-0.25, -0.2) is 0 Å². The summed E-state index contributed by atoms with van der Waals surface area (Å²) in [5, 5.41) is 3.37. The maximum atomic E-state index is 12.3. The van der Waals surface area contributed by atoms with Gasteiger partial charge in [0.2, 0.25) is 5.91 Å². The Morgan fingerprint density at radius 2 is 2.00 bits per heavy atom. The lowest BCUT2D eigenvalue weighted by Gasteiger charge is -2.21. The van der Waals surface area contributed by atoms with Crippen molar-refractivity contribution < 1.29 is 14.3 Å². The summed E-state index contributed by atoms with van der Waals surface area (Å²) in [5.41, 5.74) is 2.17. The largest absolute Gasteiger partial charge is 0.493 e. The molecule has 5 nitrogen and oxygen atoms in total. The van der Waals surface area contributed by atoms with E-state index in [1.807, 2.05) is 26.1 Å². The van der Waals surface area contributed by atoms with E-state index in [9.17, 15) is 4.79 Å². The van der Waals surface area contributed by atoms with E-state index >= 15 is 0 Å². The zero-order chi connectivity index (χ0) is 16.1. The molecule has 1 N–H and O–H groups in total. The summed E-state index contributed by atoms with van der Waals surface area (Å²) in [5.74, 6) is 1.59. The third kappa shape index (κ3) is 3.91. The van der Waals surface area contributed by atoms with Crippen molar-refractivity contribution in [3.63, 3.8) is 0 Å². The second kappa shape index (κ2) is 7.49. The van der Waals surface area contributed by atoms with Gasteiger partial charge in [-0.2, -0.15) is 0 Å². The van der Waals surface area contributed by atoms with E-state index in [2.05, 4.69) is 5.32 Å². The number of benzene rings is 1. The first-order valence-electron chi connectivity index (χ1n) is 7.74. The number of nitrogens with zero attached hydrogens (tertiary/aromatic N) is 1. The van der Waals surface area contributed by atoms with Gasteiger partial charge in [0.1, 0.15) is 0 Å². The van der Waals surface area contributed by atoms with Gasteiger partial charge in [0.15, 0.2) is 11.5 Å². The summed E-state index contributed by atoms with van der Waals surface area (Å²) in [6.07, 6.45) is 2.83. The molecule has 1 aliphatic heterocycles.